The summed E-state index contributed by atoms with van der Waals surface area (Å²) in [6, 6.07) is 3.91. The summed E-state index contributed by atoms with van der Waals surface area (Å²) in [5.74, 6) is -0.693. The van der Waals surface area contributed by atoms with E-state index in [1.54, 1.807) is 12.1 Å². The van der Waals surface area contributed by atoms with Gasteiger partial charge in [-0.25, -0.2) is 12.8 Å². The third kappa shape index (κ3) is 3.34. The molecule has 0 heterocycles. The Morgan fingerprint density at radius 1 is 1.38 bits per heavy atom. The highest BCUT2D eigenvalue weighted by Crippen LogP contribution is 2.29. The van der Waals surface area contributed by atoms with Crippen molar-refractivity contribution in [2.24, 2.45) is 0 Å². The van der Waals surface area contributed by atoms with Crippen molar-refractivity contribution in [2.75, 3.05) is 11.8 Å². The molecule has 21 heavy (non-hydrogen) atoms. The summed E-state index contributed by atoms with van der Waals surface area (Å²) in [6.07, 6.45) is 4.56. The van der Waals surface area contributed by atoms with E-state index in [2.05, 4.69) is 4.72 Å². The smallest absolute Gasteiger partial charge is 0.257 e. The van der Waals surface area contributed by atoms with Gasteiger partial charge < -0.3 is 4.74 Å². The number of rotatable bonds is 4. The van der Waals surface area contributed by atoms with E-state index in [1.165, 1.54) is 13.2 Å². The monoisotopic (exact) mass is 310 g/mol. The molecule has 0 bridgehead atoms. The van der Waals surface area contributed by atoms with Gasteiger partial charge >= 0.3 is 0 Å². The van der Waals surface area contributed by atoms with Crippen LogP contribution in [-0.4, -0.2) is 15.5 Å². The normalized spacial score (nSPS) is 15.0. The molecule has 0 fully saturated rings. The molecular formula is C14H15FN2O3S. The lowest BCUT2D eigenvalue weighted by atomic mass is 10.1. The second-order valence-electron chi connectivity index (χ2n) is 4.67. The van der Waals surface area contributed by atoms with Gasteiger partial charge in [-0.05, 0) is 31.7 Å². The van der Waals surface area contributed by atoms with Gasteiger partial charge in [-0.2, -0.15) is 5.26 Å². The van der Waals surface area contributed by atoms with Gasteiger partial charge in [0.2, 0.25) is 0 Å². The summed E-state index contributed by atoms with van der Waals surface area (Å²) in [6.45, 7) is 0. The number of ether oxygens (including phenoxy) is 1. The molecule has 112 valence electrons. The molecule has 0 unspecified atom stereocenters. The quantitative estimate of drug-likeness (QED) is 0.927. The molecule has 1 N–H and O–H groups in total. The highest BCUT2D eigenvalue weighted by Gasteiger charge is 2.21. The number of anilines is 1. The molecule has 1 aromatic rings. The van der Waals surface area contributed by atoms with Crippen LogP contribution in [0.5, 0.6) is 5.75 Å². The average molecular weight is 310 g/mol. The van der Waals surface area contributed by atoms with Gasteiger partial charge in [0.25, 0.3) is 10.0 Å². The summed E-state index contributed by atoms with van der Waals surface area (Å²) in [5.41, 5.74) is -0.216. The van der Waals surface area contributed by atoms with Crippen LogP contribution in [0.4, 0.5) is 10.1 Å². The van der Waals surface area contributed by atoms with Crippen molar-refractivity contribution in [1.29, 1.82) is 5.26 Å². The number of halogens is 1. The Morgan fingerprint density at radius 3 is 2.71 bits per heavy atom. The van der Waals surface area contributed by atoms with Crippen LogP contribution < -0.4 is 9.46 Å². The number of hydrogen-bond donors (Lipinski definition) is 1. The summed E-state index contributed by atoms with van der Waals surface area (Å²) in [4.78, 5) is 0.275. The zero-order valence-electron chi connectivity index (χ0n) is 11.5. The van der Waals surface area contributed by atoms with Crippen molar-refractivity contribution < 1.29 is 17.5 Å². The second-order valence-corrected chi connectivity index (χ2v) is 6.40. The minimum Gasteiger partial charge on any atom is -0.495 e. The zero-order chi connectivity index (χ0) is 15.5. The largest absolute Gasteiger partial charge is 0.495 e. The Balaban J connectivity index is 2.35. The number of sulfonamides is 1. The molecule has 2 rings (SSSR count). The first-order chi connectivity index (χ1) is 9.97. The molecule has 0 spiro atoms. The van der Waals surface area contributed by atoms with Crippen LogP contribution in [0.2, 0.25) is 0 Å². The molecule has 0 atom stereocenters. The Hall–Kier alpha value is -2.07. The van der Waals surface area contributed by atoms with Gasteiger partial charge in [0.1, 0.15) is 17.6 Å². The third-order valence-electron chi connectivity index (χ3n) is 3.25. The molecule has 0 radical (unpaired) electrons. The van der Waals surface area contributed by atoms with Gasteiger partial charge in [0.15, 0.2) is 0 Å². The first-order valence-corrected chi connectivity index (χ1v) is 7.95. The lowest BCUT2D eigenvalue weighted by Gasteiger charge is -2.16. The fourth-order valence-corrected chi connectivity index (χ4v) is 3.48. The highest BCUT2D eigenvalue weighted by atomic mass is 32.2. The number of methoxy groups -OCH3 is 1. The van der Waals surface area contributed by atoms with Crippen LogP contribution >= 0.6 is 0 Å². The van der Waals surface area contributed by atoms with Crippen molar-refractivity contribution in [3.05, 3.63) is 34.5 Å². The minimum absolute atomic E-state index is 0.00910. The second kappa shape index (κ2) is 6.14. The maximum atomic E-state index is 13.9. The molecule has 0 saturated carbocycles. The molecule has 1 aliphatic carbocycles. The van der Waals surface area contributed by atoms with E-state index in [0.29, 0.717) is 12.8 Å². The molecular weight excluding hydrogens is 295 g/mol. The third-order valence-corrected chi connectivity index (χ3v) is 4.80. The van der Waals surface area contributed by atoms with Gasteiger partial charge in [-0.15, -0.1) is 0 Å². The fourth-order valence-electron chi connectivity index (χ4n) is 2.15. The molecule has 0 amide bonds. The molecule has 7 heteroatoms. The Morgan fingerprint density at radius 2 is 2.14 bits per heavy atom. The Labute approximate surface area is 123 Å². The van der Waals surface area contributed by atoms with Crippen LogP contribution in [0.25, 0.3) is 0 Å². The number of hydrogen-bond acceptors (Lipinski definition) is 4. The van der Waals surface area contributed by atoms with Crippen LogP contribution in [0.1, 0.15) is 31.2 Å². The van der Waals surface area contributed by atoms with Crippen LogP contribution in [0.3, 0.4) is 0 Å². The van der Waals surface area contributed by atoms with E-state index < -0.39 is 15.8 Å². The SMILES string of the molecule is COc1cc(NS(=O)(=O)C2=CCCCC2)c(F)cc1C#N. The maximum Gasteiger partial charge on any atom is 0.257 e. The van der Waals surface area contributed by atoms with Gasteiger partial charge in [0.05, 0.1) is 23.3 Å². The van der Waals surface area contributed by atoms with E-state index in [4.69, 9.17) is 10.00 Å². The first kappa shape index (κ1) is 15.3. The summed E-state index contributed by atoms with van der Waals surface area (Å²) < 4.78 is 45.5. The molecule has 0 aliphatic heterocycles. The van der Waals surface area contributed by atoms with Crippen molar-refractivity contribution in [3.63, 3.8) is 0 Å². The number of nitrogens with one attached hydrogen (secondary N) is 1. The lowest BCUT2D eigenvalue weighted by molar-refractivity contribution is 0.412. The van der Waals surface area contributed by atoms with E-state index in [9.17, 15) is 12.8 Å². The summed E-state index contributed by atoms with van der Waals surface area (Å²) in [7, 11) is -2.44. The van der Waals surface area contributed by atoms with E-state index >= 15 is 0 Å². The fraction of sp³-hybridized carbons (Fsp3) is 0.357. The van der Waals surface area contributed by atoms with Crippen molar-refractivity contribution >= 4 is 15.7 Å². The Bertz CT molecular complexity index is 720. The van der Waals surface area contributed by atoms with E-state index in [0.717, 1.165) is 18.9 Å². The lowest BCUT2D eigenvalue weighted by Crippen LogP contribution is -2.17. The average Bonchev–Trinajstić information content (AvgIpc) is 2.49. The standard InChI is InChI=1S/C14H15FN2O3S/c1-20-14-8-13(12(15)7-10(14)9-16)17-21(18,19)11-5-3-2-4-6-11/h5,7-8,17H,2-4,6H2,1H3. The Kier molecular flexibility index (Phi) is 4.48. The van der Waals surface area contributed by atoms with Crippen molar-refractivity contribution in [3.8, 4) is 11.8 Å². The van der Waals surface area contributed by atoms with Crippen molar-refractivity contribution in [2.45, 2.75) is 25.7 Å². The molecule has 0 saturated heterocycles. The zero-order valence-corrected chi connectivity index (χ0v) is 12.3. The maximum absolute atomic E-state index is 13.9. The number of allylic oxidation sites excluding steroid dienone is 2. The predicted molar refractivity (Wildman–Crippen MR) is 76.8 cm³/mol. The molecule has 5 nitrogen and oxygen atoms in total. The van der Waals surface area contributed by atoms with E-state index in [1.807, 2.05) is 0 Å². The van der Waals surface area contributed by atoms with Crippen LogP contribution in [-0.2, 0) is 10.0 Å². The van der Waals surface area contributed by atoms with Crippen molar-refractivity contribution in [1.82, 2.24) is 0 Å². The number of nitrogens with zero attached hydrogens (tertiary/aromatic N) is 1. The topological polar surface area (TPSA) is 79.2 Å². The molecule has 0 aromatic heterocycles. The van der Waals surface area contributed by atoms with Gasteiger partial charge in [0, 0.05) is 6.07 Å². The summed E-state index contributed by atoms with van der Waals surface area (Å²) >= 11 is 0. The summed E-state index contributed by atoms with van der Waals surface area (Å²) in [5, 5.41) is 8.86. The molecule has 1 aliphatic rings. The predicted octanol–water partition coefficient (Wildman–Crippen LogP) is 2.91. The molecule has 1 aromatic carbocycles. The highest BCUT2D eigenvalue weighted by molar-refractivity contribution is 7.96. The van der Waals surface area contributed by atoms with Gasteiger partial charge in [-0.1, -0.05) is 6.08 Å². The van der Waals surface area contributed by atoms with Crippen LogP contribution in [0, 0.1) is 17.1 Å². The first-order valence-electron chi connectivity index (χ1n) is 6.47. The van der Waals surface area contributed by atoms with E-state index in [-0.39, 0.29) is 21.9 Å². The minimum atomic E-state index is -3.77. The van der Waals surface area contributed by atoms with Gasteiger partial charge in [-0.3, -0.25) is 4.72 Å². The number of benzene rings is 1. The van der Waals surface area contributed by atoms with Crippen LogP contribution in [0.15, 0.2) is 23.1 Å². The number of nitriles is 1.